The molecule has 0 bridgehead atoms. The van der Waals surface area contributed by atoms with E-state index in [0.29, 0.717) is 0 Å². The van der Waals surface area contributed by atoms with Crippen LogP contribution < -0.4 is 0 Å². The first-order valence-corrected chi connectivity index (χ1v) is 1.81. The molecular formula is C3H2ClF3. The van der Waals surface area contributed by atoms with Crippen LogP contribution in [0.25, 0.3) is 0 Å². The summed E-state index contributed by atoms with van der Waals surface area (Å²) in [6, 6.07) is 0. The molecule has 0 atom stereocenters. The molecule has 42 valence electrons. The highest BCUT2D eigenvalue weighted by atomic mass is 35.5. The summed E-state index contributed by atoms with van der Waals surface area (Å²) in [6.45, 7) is 0. The van der Waals surface area contributed by atoms with Crippen LogP contribution in [0, 0.1) is 0 Å². The minimum atomic E-state index is -2.79. The maximum absolute atomic E-state index is 11.1. The van der Waals surface area contributed by atoms with Crippen molar-refractivity contribution in [3.8, 4) is 0 Å². The first kappa shape index (κ1) is 6.82. The third kappa shape index (κ3) is 5.82. The van der Waals surface area contributed by atoms with Gasteiger partial charge in [0.2, 0.25) is 0 Å². The predicted molar refractivity (Wildman–Crippen MR) is 21.0 cm³/mol. The highest BCUT2D eigenvalue weighted by Gasteiger charge is 1.96. The largest absolute Gasteiger partial charge is 0.261 e. The van der Waals surface area contributed by atoms with E-state index in [1.54, 1.807) is 0 Å². The van der Waals surface area contributed by atoms with Crippen molar-refractivity contribution in [1.82, 2.24) is 0 Å². The molecule has 4 heteroatoms. The van der Waals surface area contributed by atoms with Gasteiger partial charge in [-0.2, -0.15) is 4.39 Å². The van der Waals surface area contributed by atoms with Crippen molar-refractivity contribution in [2.24, 2.45) is 0 Å². The van der Waals surface area contributed by atoms with Crippen molar-refractivity contribution in [1.29, 1.82) is 0 Å². The Morgan fingerprint density at radius 1 is 1.57 bits per heavy atom. The van der Waals surface area contributed by atoms with Crippen LogP contribution in [-0.4, -0.2) is 6.43 Å². The number of hydrogen-bond donors (Lipinski definition) is 0. The molecular weight excluding hydrogens is 128 g/mol. The maximum Gasteiger partial charge on any atom is 0.261 e. The molecule has 0 aromatic heterocycles. The van der Waals surface area contributed by atoms with Gasteiger partial charge in [0, 0.05) is 6.08 Å². The summed E-state index contributed by atoms with van der Waals surface area (Å²) in [6.07, 6.45) is -2.78. The zero-order valence-corrected chi connectivity index (χ0v) is 3.92. The molecule has 0 radical (unpaired) electrons. The highest BCUT2D eigenvalue weighted by Crippen LogP contribution is 2.05. The van der Waals surface area contributed by atoms with Gasteiger partial charge in [0.05, 0.1) is 0 Å². The predicted octanol–water partition coefficient (Wildman–Crippen LogP) is 2.30. The van der Waals surface area contributed by atoms with Crippen LogP contribution in [-0.2, 0) is 0 Å². The average molecular weight is 130 g/mol. The molecule has 0 nitrogen and oxygen atoms in total. The highest BCUT2D eigenvalue weighted by molar-refractivity contribution is 6.28. The Bertz CT molecular complexity index is 74.2. The van der Waals surface area contributed by atoms with Gasteiger partial charge in [0.1, 0.15) is 0 Å². The van der Waals surface area contributed by atoms with E-state index in [4.69, 9.17) is 0 Å². The molecule has 7 heavy (non-hydrogen) atoms. The second-order valence-electron chi connectivity index (χ2n) is 0.791. The van der Waals surface area contributed by atoms with Crippen LogP contribution >= 0.6 is 11.6 Å². The van der Waals surface area contributed by atoms with Crippen molar-refractivity contribution < 1.29 is 13.2 Å². The van der Waals surface area contributed by atoms with Crippen LogP contribution in [0.5, 0.6) is 0 Å². The molecule has 0 aromatic carbocycles. The summed E-state index contributed by atoms with van der Waals surface area (Å²) in [5.74, 6) is 0. The Morgan fingerprint density at radius 2 is 2.00 bits per heavy atom. The van der Waals surface area contributed by atoms with E-state index < -0.39 is 11.7 Å². The summed E-state index contributed by atoms with van der Waals surface area (Å²) in [5, 5.41) is -1.37. The summed E-state index contributed by atoms with van der Waals surface area (Å²) < 4.78 is 32.9. The molecule has 0 amide bonds. The molecule has 0 aliphatic heterocycles. The van der Waals surface area contributed by atoms with Crippen molar-refractivity contribution in [3.05, 3.63) is 11.4 Å². The molecule has 0 saturated heterocycles. The molecule has 0 aliphatic rings. The van der Waals surface area contributed by atoms with Crippen LogP contribution in [0.15, 0.2) is 11.4 Å². The fourth-order valence-corrected chi connectivity index (χ4v) is 0.190. The van der Waals surface area contributed by atoms with Gasteiger partial charge in [-0.05, 0) is 0 Å². The topological polar surface area (TPSA) is 0 Å². The third-order valence-corrected chi connectivity index (χ3v) is 0.378. The quantitative estimate of drug-likeness (QED) is 0.511. The molecule has 0 aromatic rings. The Balaban J connectivity index is 3.45. The molecule has 0 spiro atoms. The van der Waals surface area contributed by atoms with Crippen molar-refractivity contribution in [2.75, 3.05) is 0 Å². The lowest BCUT2D eigenvalue weighted by atomic mass is 10.7. The van der Waals surface area contributed by atoms with E-state index in [0.717, 1.165) is 0 Å². The zero-order chi connectivity index (χ0) is 5.86. The number of rotatable bonds is 1. The van der Waals surface area contributed by atoms with Gasteiger partial charge in [-0.1, -0.05) is 11.6 Å². The van der Waals surface area contributed by atoms with E-state index in [1.807, 2.05) is 0 Å². The van der Waals surface area contributed by atoms with Crippen LogP contribution in [0.3, 0.4) is 0 Å². The lowest BCUT2D eigenvalue weighted by Crippen LogP contribution is -1.79. The van der Waals surface area contributed by atoms with E-state index in [-0.39, 0.29) is 6.08 Å². The summed E-state index contributed by atoms with van der Waals surface area (Å²) in [7, 11) is 0. The van der Waals surface area contributed by atoms with Gasteiger partial charge in [-0.25, -0.2) is 8.78 Å². The zero-order valence-electron chi connectivity index (χ0n) is 3.17. The Labute approximate surface area is 43.6 Å². The van der Waals surface area contributed by atoms with Gasteiger partial charge in [-0.3, -0.25) is 0 Å². The molecule has 0 heterocycles. The third-order valence-electron chi connectivity index (χ3n) is 0.252. The van der Waals surface area contributed by atoms with E-state index >= 15 is 0 Å². The van der Waals surface area contributed by atoms with Crippen LogP contribution in [0.1, 0.15) is 0 Å². The van der Waals surface area contributed by atoms with Crippen molar-refractivity contribution in [2.45, 2.75) is 6.43 Å². The van der Waals surface area contributed by atoms with Gasteiger partial charge in [-0.15, -0.1) is 0 Å². The second-order valence-corrected chi connectivity index (χ2v) is 1.15. The monoisotopic (exact) mass is 130 g/mol. The number of alkyl halides is 2. The van der Waals surface area contributed by atoms with E-state index in [1.165, 1.54) is 0 Å². The number of hydrogen-bond acceptors (Lipinski definition) is 0. The lowest BCUT2D eigenvalue weighted by molar-refractivity contribution is 0.202. The van der Waals surface area contributed by atoms with Gasteiger partial charge >= 0.3 is 0 Å². The Hall–Kier alpha value is -0.180. The first-order valence-electron chi connectivity index (χ1n) is 1.44. The van der Waals surface area contributed by atoms with Crippen molar-refractivity contribution >= 4 is 11.6 Å². The minimum absolute atomic E-state index is 0.0154. The molecule has 0 aliphatic carbocycles. The standard InChI is InChI=1S/C3H2ClF3/c4-2(5)1-3(6)7/h1,3H/b2-1-. The van der Waals surface area contributed by atoms with Crippen LogP contribution in [0.4, 0.5) is 13.2 Å². The Kier molecular flexibility index (Phi) is 2.83. The number of allylic oxidation sites excluding steroid dienone is 1. The molecule has 0 saturated carbocycles. The normalized spacial score (nSPS) is 13.0. The van der Waals surface area contributed by atoms with Gasteiger partial charge < -0.3 is 0 Å². The summed E-state index contributed by atoms with van der Waals surface area (Å²) in [5.41, 5.74) is 0. The SMILES string of the molecule is F/C(Cl)=C\C(F)F. The fraction of sp³-hybridized carbons (Fsp3) is 0.333. The molecule has 0 fully saturated rings. The first-order chi connectivity index (χ1) is 3.13. The fourth-order valence-electron chi connectivity index (χ4n) is 0.0952. The van der Waals surface area contributed by atoms with Crippen molar-refractivity contribution in [3.63, 3.8) is 0 Å². The maximum atomic E-state index is 11.1. The Morgan fingerprint density at radius 3 is 2.00 bits per heavy atom. The minimum Gasteiger partial charge on any atom is -0.206 e. The summed E-state index contributed by atoms with van der Waals surface area (Å²) >= 11 is 4.39. The molecule has 0 N–H and O–H groups in total. The second kappa shape index (κ2) is 2.91. The van der Waals surface area contributed by atoms with E-state index in [9.17, 15) is 13.2 Å². The summed E-state index contributed by atoms with van der Waals surface area (Å²) in [4.78, 5) is 0. The van der Waals surface area contributed by atoms with Gasteiger partial charge in [0.25, 0.3) is 6.43 Å². The molecule has 0 unspecified atom stereocenters. The average Bonchev–Trinajstić information content (AvgIpc) is 1.27. The van der Waals surface area contributed by atoms with Crippen LogP contribution in [0.2, 0.25) is 0 Å². The van der Waals surface area contributed by atoms with E-state index in [2.05, 4.69) is 11.6 Å². The molecule has 0 rings (SSSR count). The smallest absolute Gasteiger partial charge is 0.206 e. The van der Waals surface area contributed by atoms with Gasteiger partial charge in [0.15, 0.2) is 5.29 Å². The lowest BCUT2D eigenvalue weighted by Gasteiger charge is -1.81. The number of halogens is 4.